The van der Waals surface area contributed by atoms with Gasteiger partial charge in [0, 0.05) is 25.2 Å². The lowest BCUT2D eigenvalue weighted by atomic mass is 9.96. The number of piperidine rings is 2. The first-order valence-corrected chi connectivity index (χ1v) is 8.97. The number of hydrogen-bond acceptors (Lipinski definition) is 3. The van der Waals surface area contributed by atoms with Gasteiger partial charge in [-0.2, -0.15) is 0 Å². The summed E-state index contributed by atoms with van der Waals surface area (Å²) in [5.41, 5.74) is 0. The molecule has 2 heterocycles. The molecule has 122 valence electrons. The lowest BCUT2D eigenvalue weighted by molar-refractivity contribution is -0.134. The fourth-order valence-corrected chi connectivity index (χ4v) is 3.70. The standard InChI is InChI=1S/C17H33N3O/c1-3-10-18-15(2)16-9-5-8-13-20(16)14-17(21)19-11-6-4-7-12-19/h15-16,18H,3-14H2,1-2H3. The van der Waals surface area contributed by atoms with Crippen LogP contribution in [0.4, 0.5) is 0 Å². The van der Waals surface area contributed by atoms with Gasteiger partial charge >= 0.3 is 0 Å². The molecule has 1 N–H and O–H groups in total. The van der Waals surface area contributed by atoms with Crippen LogP contribution in [0, 0.1) is 0 Å². The molecule has 0 radical (unpaired) electrons. The van der Waals surface area contributed by atoms with E-state index in [0.717, 1.165) is 26.2 Å². The predicted octanol–water partition coefficient (Wildman–Crippen LogP) is 2.24. The van der Waals surface area contributed by atoms with E-state index >= 15 is 0 Å². The molecular weight excluding hydrogens is 262 g/mol. The summed E-state index contributed by atoms with van der Waals surface area (Å²) in [5.74, 6) is 0.351. The number of carbonyl (C=O) groups excluding carboxylic acids is 1. The molecule has 2 atom stereocenters. The fourth-order valence-electron chi connectivity index (χ4n) is 3.70. The highest BCUT2D eigenvalue weighted by atomic mass is 16.2. The van der Waals surface area contributed by atoms with Crippen molar-refractivity contribution < 1.29 is 4.79 Å². The van der Waals surface area contributed by atoms with Crippen molar-refractivity contribution in [3.05, 3.63) is 0 Å². The second kappa shape index (κ2) is 8.74. The van der Waals surface area contributed by atoms with E-state index in [-0.39, 0.29) is 0 Å². The van der Waals surface area contributed by atoms with Crippen LogP contribution in [0.3, 0.4) is 0 Å². The first kappa shape index (κ1) is 16.8. The number of nitrogens with one attached hydrogen (secondary N) is 1. The van der Waals surface area contributed by atoms with Crippen LogP contribution < -0.4 is 5.32 Å². The lowest BCUT2D eigenvalue weighted by Gasteiger charge is -2.40. The van der Waals surface area contributed by atoms with Crippen molar-refractivity contribution in [2.45, 2.75) is 70.9 Å². The second-order valence-electron chi connectivity index (χ2n) is 6.72. The molecule has 0 spiro atoms. The molecule has 2 aliphatic heterocycles. The van der Waals surface area contributed by atoms with Crippen LogP contribution >= 0.6 is 0 Å². The van der Waals surface area contributed by atoms with Gasteiger partial charge in [0.25, 0.3) is 0 Å². The average Bonchev–Trinajstić information content (AvgIpc) is 2.54. The number of rotatable bonds is 6. The quantitative estimate of drug-likeness (QED) is 0.816. The maximum Gasteiger partial charge on any atom is 0.236 e. The Bertz CT molecular complexity index is 315. The van der Waals surface area contributed by atoms with Crippen LogP contribution in [0.5, 0.6) is 0 Å². The molecule has 4 nitrogen and oxygen atoms in total. The van der Waals surface area contributed by atoms with Gasteiger partial charge in [-0.05, 0) is 58.5 Å². The summed E-state index contributed by atoms with van der Waals surface area (Å²) in [6.07, 6.45) is 8.60. The highest BCUT2D eigenvalue weighted by Gasteiger charge is 2.29. The highest BCUT2D eigenvalue weighted by molar-refractivity contribution is 5.78. The van der Waals surface area contributed by atoms with Gasteiger partial charge in [-0.15, -0.1) is 0 Å². The van der Waals surface area contributed by atoms with Gasteiger partial charge < -0.3 is 10.2 Å². The van der Waals surface area contributed by atoms with Crippen LogP contribution in [0.25, 0.3) is 0 Å². The van der Waals surface area contributed by atoms with Crippen molar-refractivity contribution in [2.75, 3.05) is 32.7 Å². The highest BCUT2D eigenvalue weighted by Crippen LogP contribution is 2.20. The third kappa shape index (κ3) is 4.96. The SMILES string of the molecule is CCCNC(C)C1CCCCN1CC(=O)N1CCCCC1. The van der Waals surface area contributed by atoms with Gasteiger partial charge in [0.1, 0.15) is 0 Å². The van der Waals surface area contributed by atoms with E-state index in [1.54, 1.807) is 0 Å². The summed E-state index contributed by atoms with van der Waals surface area (Å²) in [4.78, 5) is 17.0. The molecule has 21 heavy (non-hydrogen) atoms. The van der Waals surface area contributed by atoms with Gasteiger partial charge in [0.15, 0.2) is 0 Å². The normalized spacial score (nSPS) is 25.8. The molecule has 0 bridgehead atoms. The van der Waals surface area contributed by atoms with Gasteiger partial charge in [0.05, 0.1) is 6.54 Å². The van der Waals surface area contributed by atoms with E-state index in [1.165, 1.54) is 44.9 Å². The van der Waals surface area contributed by atoms with E-state index in [2.05, 4.69) is 29.0 Å². The topological polar surface area (TPSA) is 35.6 Å². The molecular formula is C17H33N3O. The van der Waals surface area contributed by atoms with Crippen LogP contribution in [0.15, 0.2) is 0 Å². The molecule has 1 amide bonds. The number of carbonyl (C=O) groups is 1. The first-order chi connectivity index (χ1) is 10.2. The summed E-state index contributed by atoms with van der Waals surface area (Å²) in [6, 6.07) is 1.01. The van der Waals surface area contributed by atoms with Crippen LogP contribution in [-0.2, 0) is 4.79 Å². The number of nitrogens with zero attached hydrogens (tertiary/aromatic N) is 2. The minimum absolute atomic E-state index is 0.351. The minimum Gasteiger partial charge on any atom is -0.342 e. The van der Waals surface area contributed by atoms with Crippen molar-refractivity contribution in [3.63, 3.8) is 0 Å². The van der Waals surface area contributed by atoms with Crippen molar-refractivity contribution in [3.8, 4) is 0 Å². The van der Waals surface area contributed by atoms with Crippen molar-refractivity contribution >= 4 is 5.91 Å². The molecule has 2 fully saturated rings. The monoisotopic (exact) mass is 295 g/mol. The zero-order chi connectivity index (χ0) is 15.1. The third-order valence-corrected chi connectivity index (χ3v) is 5.00. The van der Waals surface area contributed by atoms with Crippen molar-refractivity contribution in [1.29, 1.82) is 0 Å². The predicted molar refractivity (Wildman–Crippen MR) is 87.4 cm³/mol. The van der Waals surface area contributed by atoms with E-state index in [4.69, 9.17) is 0 Å². The Labute approximate surface area is 130 Å². The largest absolute Gasteiger partial charge is 0.342 e. The molecule has 2 unspecified atom stereocenters. The molecule has 0 aromatic heterocycles. The van der Waals surface area contributed by atoms with Gasteiger partial charge in [-0.3, -0.25) is 9.69 Å². The third-order valence-electron chi connectivity index (χ3n) is 5.00. The number of likely N-dealkylation sites (tertiary alicyclic amines) is 2. The summed E-state index contributed by atoms with van der Waals surface area (Å²) in [5, 5.41) is 3.62. The molecule has 4 heteroatoms. The van der Waals surface area contributed by atoms with Crippen LogP contribution in [-0.4, -0.2) is 60.5 Å². The Kier molecular flexibility index (Phi) is 6.97. The fraction of sp³-hybridized carbons (Fsp3) is 0.941. The van der Waals surface area contributed by atoms with Crippen LogP contribution in [0.2, 0.25) is 0 Å². The second-order valence-corrected chi connectivity index (χ2v) is 6.72. The molecule has 2 rings (SSSR count). The zero-order valence-electron chi connectivity index (χ0n) is 13.9. The molecule has 2 aliphatic rings. The number of amides is 1. The molecule has 2 saturated heterocycles. The van der Waals surface area contributed by atoms with E-state index < -0.39 is 0 Å². The summed E-state index contributed by atoms with van der Waals surface area (Å²) < 4.78 is 0. The minimum atomic E-state index is 0.351. The Morgan fingerprint density at radius 1 is 1.14 bits per heavy atom. The van der Waals surface area contributed by atoms with E-state index in [9.17, 15) is 4.79 Å². The molecule has 0 saturated carbocycles. The Morgan fingerprint density at radius 2 is 1.86 bits per heavy atom. The zero-order valence-corrected chi connectivity index (χ0v) is 13.9. The van der Waals surface area contributed by atoms with Gasteiger partial charge in [-0.1, -0.05) is 13.3 Å². The van der Waals surface area contributed by atoms with E-state index in [0.29, 0.717) is 24.5 Å². The molecule has 0 aromatic rings. The van der Waals surface area contributed by atoms with Gasteiger partial charge in [0.2, 0.25) is 5.91 Å². The number of hydrogen-bond donors (Lipinski definition) is 1. The van der Waals surface area contributed by atoms with Crippen molar-refractivity contribution in [2.24, 2.45) is 0 Å². The average molecular weight is 295 g/mol. The molecule has 0 aliphatic carbocycles. The van der Waals surface area contributed by atoms with Crippen LogP contribution in [0.1, 0.15) is 58.8 Å². The Hall–Kier alpha value is -0.610. The Morgan fingerprint density at radius 3 is 2.57 bits per heavy atom. The lowest BCUT2D eigenvalue weighted by Crippen LogP contribution is -2.54. The Balaban J connectivity index is 1.86. The maximum absolute atomic E-state index is 12.5. The summed E-state index contributed by atoms with van der Waals surface area (Å²) in [6.45, 7) is 9.22. The van der Waals surface area contributed by atoms with E-state index in [1.807, 2.05) is 0 Å². The summed E-state index contributed by atoms with van der Waals surface area (Å²) >= 11 is 0. The smallest absolute Gasteiger partial charge is 0.236 e. The summed E-state index contributed by atoms with van der Waals surface area (Å²) in [7, 11) is 0. The van der Waals surface area contributed by atoms with Crippen molar-refractivity contribution in [1.82, 2.24) is 15.1 Å². The van der Waals surface area contributed by atoms with Gasteiger partial charge in [-0.25, -0.2) is 0 Å². The first-order valence-electron chi connectivity index (χ1n) is 8.97. The molecule has 0 aromatic carbocycles. The maximum atomic E-state index is 12.5.